The zero-order valence-corrected chi connectivity index (χ0v) is 19.8. The number of benzene rings is 1. The second kappa shape index (κ2) is 11.7. The van der Waals surface area contributed by atoms with Crippen molar-refractivity contribution >= 4 is 22.7 Å². The smallest absolute Gasteiger partial charge is 0.119 e. The quantitative estimate of drug-likeness (QED) is 0.437. The fourth-order valence-electron chi connectivity index (χ4n) is 4.69. The van der Waals surface area contributed by atoms with E-state index in [1.54, 1.807) is 37.5 Å². The standard InChI is InChI=1S/C25H32N4O3S/c1-32-20-3-4-24-23(14-20)22(7-9-26-24)25(31)5-2-18-8-11-29(16-19(18)17-30)12-13-33-21-6-10-27-28-15-21/h3-4,6-7,9-10,14-15,18-19,25,30-31H,2,5,8,11-13,16-17H2,1H3/t18-,19-,25+/m1/s1. The highest BCUT2D eigenvalue weighted by atomic mass is 32.2. The van der Waals surface area contributed by atoms with Crippen LogP contribution in [0.25, 0.3) is 10.9 Å². The number of pyridine rings is 1. The van der Waals surface area contributed by atoms with E-state index in [-0.39, 0.29) is 12.5 Å². The molecule has 4 rings (SSSR count). The number of rotatable bonds is 10. The van der Waals surface area contributed by atoms with Crippen LogP contribution in [-0.4, -0.2) is 69.4 Å². The molecule has 3 atom stereocenters. The number of aliphatic hydroxyl groups is 2. The van der Waals surface area contributed by atoms with Crippen molar-refractivity contribution in [2.75, 3.05) is 39.1 Å². The van der Waals surface area contributed by atoms with Crippen molar-refractivity contribution in [3.05, 3.63) is 54.5 Å². The van der Waals surface area contributed by atoms with Gasteiger partial charge in [-0.2, -0.15) is 10.2 Å². The van der Waals surface area contributed by atoms with Gasteiger partial charge in [-0.05, 0) is 73.5 Å². The predicted octanol–water partition coefficient (Wildman–Crippen LogP) is 3.57. The lowest BCUT2D eigenvalue weighted by atomic mass is 9.81. The maximum atomic E-state index is 11.0. The lowest BCUT2D eigenvalue weighted by molar-refractivity contribution is 0.0608. The molecule has 1 fully saturated rings. The Hall–Kier alpha value is -2.26. The van der Waals surface area contributed by atoms with Crippen LogP contribution in [0.15, 0.2) is 53.8 Å². The van der Waals surface area contributed by atoms with Crippen LogP contribution in [0.1, 0.15) is 30.9 Å². The molecular weight excluding hydrogens is 436 g/mol. The van der Waals surface area contributed by atoms with Crippen LogP contribution in [0.5, 0.6) is 5.75 Å². The summed E-state index contributed by atoms with van der Waals surface area (Å²) in [5, 5.41) is 29.7. The fourth-order valence-corrected chi connectivity index (χ4v) is 5.56. The van der Waals surface area contributed by atoms with E-state index in [1.807, 2.05) is 30.3 Å². The minimum atomic E-state index is -0.564. The summed E-state index contributed by atoms with van der Waals surface area (Å²) in [5.74, 6) is 2.41. The first-order valence-corrected chi connectivity index (χ1v) is 12.5. The molecule has 1 saturated heterocycles. The van der Waals surface area contributed by atoms with E-state index in [1.165, 1.54) is 0 Å². The van der Waals surface area contributed by atoms with Crippen LogP contribution < -0.4 is 4.74 Å². The number of hydrogen-bond acceptors (Lipinski definition) is 8. The first kappa shape index (κ1) is 23.9. The SMILES string of the molecule is COc1ccc2nccc([C@@H](O)CC[C@@H]3CCN(CCSc4ccnnc4)C[C@@H]3CO)c2c1. The number of methoxy groups -OCH3 is 1. The molecular formula is C25H32N4O3S. The monoisotopic (exact) mass is 468 g/mol. The van der Waals surface area contributed by atoms with Crippen molar-refractivity contribution in [2.45, 2.75) is 30.3 Å². The highest BCUT2D eigenvalue weighted by molar-refractivity contribution is 7.99. The highest BCUT2D eigenvalue weighted by Crippen LogP contribution is 2.33. The number of piperidine rings is 1. The van der Waals surface area contributed by atoms with Gasteiger partial charge in [0.1, 0.15) is 5.75 Å². The number of likely N-dealkylation sites (tertiary alicyclic amines) is 1. The van der Waals surface area contributed by atoms with E-state index in [2.05, 4.69) is 20.1 Å². The summed E-state index contributed by atoms with van der Waals surface area (Å²) in [5.41, 5.74) is 1.74. The number of nitrogens with zero attached hydrogens (tertiary/aromatic N) is 4. The summed E-state index contributed by atoms with van der Waals surface area (Å²) in [4.78, 5) is 7.99. The van der Waals surface area contributed by atoms with E-state index in [9.17, 15) is 10.2 Å². The molecule has 1 aliphatic heterocycles. The topological polar surface area (TPSA) is 91.6 Å². The van der Waals surface area contributed by atoms with Gasteiger partial charge in [0.15, 0.2) is 0 Å². The van der Waals surface area contributed by atoms with E-state index in [0.717, 1.165) is 65.3 Å². The minimum Gasteiger partial charge on any atom is -0.497 e. The third kappa shape index (κ3) is 6.20. The van der Waals surface area contributed by atoms with E-state index in [0.29, 0.717) is 12.3 Å². The van der Waals surface area contributed by atoms with Gasteiger partial charge in [0.05, 0.1) is 31.1 Å². The summed E-state index contributed by atoms with van der Waals surface area (Å²) in [6.45, 7) is 3.11. The van der Waals surface area contributed by atoms with Gasteiger partial charge >= 0.3 is 0 Å². The molecule has 0 amide bonds. The van der Waals surface area contributed by atoms with Crippen molar-refractivity contribution in [1.29, 1.82) is 0 Å². The van der Waals surface area contributed by atoms with Gasteiger partial charge in [0.2, 0.25) is 0 Å². The second-order valence-corrected chi connectivity index (χ2v) is 9.76. The van der Waals surface area contributed by atoms with Crippen LogP contribution >= 0.6 is 11.8 Å². The van der Waals surface area contributed by atoms with Gasteiger partial charge in [0.25, 0.3) is 0 Å². The zero-order chi connectivity index (χ0) is 23.0. The number of hydrogen-bond donors (Lipinski definition) is 2. The summed E-state index contributed by atoms with van der Waals surface area (Å²) in [6, 6.07) is 9.63. The van der Waals surface area contributed by atoms with Crippen LogP contribution in [-0.2, 0) is 0 Å². The Morgan fingerprint density at radius 3 is 2.88 bits per heavy atom. The average Bonchev–Trinajstić information content (AvgIpc) is 2.87. The van der Waals surface area contributed by atoms with Gasteiger partial charge in [-0.1, -0.05) is 0 Å². The molecule has 0 spiro atoms. The normalized spacial score (nSPS) is 20.1. The van der Waals surface area contributed by atoms with Crippen LogP contribution in [0.2, 0.25) is 0 Å². The predicted molar refractivity (Wildman–Crippen MR) is 130 cm³/mol. The Labute approximate surface area is 199 Å². The second-order valence-electron chi connectivity index (χ2n) is 8.60. The first-order chi connectivity index (χ1) is 16.2. The van der Waals surface area contributed by atoms with Crippen molar-refractivity contribution in [2.24, 2.45) is 11.8 Å². The number of aliphatic hydroxyl groups excluding tert-OH is 2. The van der Waals surface area contributed by atoms with Crippen LogP contribution in [0.4, 0.5) is 0 Å². The fraction of sp³-hybridized carbons (Fsp3) is 0.480. The maximum Gasteiger partial charge on any atom is 0.119 e. The molecule has 7 nitrogen and oxygen atoms in total. The summed E-state index contributed by atoms with van der Waals surface area (Å²) < 4.78 is 5.35. The van der Waals surface area contributed by atoms with Gasteiger partial charge in [0, 0.05) is 41.9 Å². The molecule has 176 valence electrons. The number of aromatic nitrogens is 3. The molecule has 1 aromatic carbocycles. The lowest BCUT2D eigenvalue weighted by Crippen LogP contribution is -2.43. The number of fused-ring (bicyclic) bond motifs is 1. The highest BCUT2D eigenvalue weighted by Gasteiger charge is 2.29. The Kier molecular flexibility index (Phi) is 8.50. The Morgan fingerprint density at radius 1 is 1.18 bits per heavy atom. The number of ether oxygens (including phenoxy) is 1. The average molecular weight is 469 g/mol. The minimum absolute atomic E-state index is 0.189. The van der Waals surface area contributed by atoms with Gasteiger partial charge in [-0.25, -0.2) is 0 Å². The molecule has 3 aromatic rings. The third-order valence-electron chi connectivity index (χ3n) is 6.60. The molecule has 8 heteroatoms. The molecule has 0 bridgehead atoms. The van der Waals surface area contributed by atoms with Crippen LogP contribution in [0.3, 0.4) is 0 Å². The Morgan fingerprint density at radius 2 is 2.09 bits per heavy atom. The number of thioether (sulfide) groups is 1. The van der Waals surface area contributed by atoms with Gasteiger partial charge in [-0.3, -0.25) is 4.98 Å². The largest absolute Gasteiger partial charge is 0.497 e. The molecule has 2 N–H and O–H groups in total. The Bertz CT molecular complexity index is 1020. The third-order valence-corrected chi connectivity index (χ3v) is 7.56. The van der Waals surface area contributed by atoms with Crippen molar-refractivity contribution < 1.29 is 14.9 Å². The maximum absolute atomic E-state index is 11.0. The molecule has 0 radical (unpaired) electrons. The molecule has 0 unspecified atom stereocenters. The van der Waals surface area contributed by atoms with Gasteiger partial charge in [-0.15, -0.1) is 11.8 Å². The molecule has 33 heavy (non-hydrogen) atoms. The first-order valence-electron chi connectivity index (χ1n) is 11.5. The van der Waals surface area contributed by atoms with Crippen LogP contribution in [0, 0.1) is 11.8 Å². The van der Waals surface area contributed by atoms with Crippen molar-refractivity contribution in [1.82, 2.24) is 20.1 Å². The molecule has 3 heterocycles. The summed E-state index contributed by atoms with van der Waals surface area (Å²) in [7, 11) is 1.64. The Balaban J connectivity index is 1.30. The van der Waals surface area contributed by atoms with Gasteiger partial charge < -0.3 is 19.8 Å². The van der Waals surface area contributed by atoms with E-state index < -0.39 is 6.10 Å². The van der Waals surface area contributed by atoms with E-state index >= 15 is 0 Å². The zero-order valence-electron chi connectivity index (χ0n) is 19.0. The molecule has 2 aromatic heterocycles. The summed E-state index contributed by atoms with van der Waals surface area (Å²) >= 11 is 1.79. The van der Waals surface area contributed by atoms with E-state index in [4.69, 9.17) is 4.74 Å². The van der Waals surface area contributed by atoms with Crippen molar-refractivity contribution in [3.8, 4) is 5.75 Å². The lowest BCUT2D eigenvalue weighted by Gasteiger charge is -2.38. The molecule has 0 saturated carbocycles. The van der Waals surface area contributed by atoms with Crippen molar-refractivity contribution in [3.63, 3.8) is 0 Å². The molecule has 0 aliphatic carbocycles. The molecule has 1 aliphatic rings. The summed E-state index contributed by atoms with van der Waals surface area (Å²) in [6.07, 6.45) is 7.31.